The van der Waals surface area contributed by atoms with Gasteiger partial charge in [-0.3, -0.25) is 0 Å². The largest absolute Gasteiger partial charge is 0.606 e. The van der Waals surface area contributed by atoms with Crippen molar-refractivity contribution in [1.82, 2.24) is 0 Å². The number of esters is 2. The lowest BCUT2D eigenvalue weighted by molar-refractivity contribution is -0.158. The molecule has 2 aromatic rings. The van der Waals surface area contributed by atoms with Gasteiger partial charge >= 0.3 is 11.9 Å². The number of carbonyl (C=O) groups excluding carboxylic acids is 2. The van der Waals surface area contributed by atoms with Gasteiger partial charge in [0.1, 0.15) is 11.5 Å². The highest BCUT2D eigenvalue weighted by Gasteiger charge is 2.18. The van der Waals surface area contributed by atoms with Crippen molar-refractivity contribution in [3.05, 3.63) is 73.8 Å². The molecule has 0 N–H and O–H groups in total. The Labute approximate surface area is 190 Å². The van der Waals surface area contributed by atoms with Gasteiger partial charge < -0.3 is 23.5 Å². The molecular weight excluding hydrogens is 432 g/mol. The van der Waals surface area contributed by atoms with Crippen molar-refractivity contribution in [1.29, 1.82) is 0 Å². The fourth-order valence-electron chi connectivity index (χ4n) is 2.46. The molecule has 0 heterocycles. The molecule has 2 rings (SSSR count). The highest BCUT2D eigenvalue weighted by Crippen LogP contribution is 2.26. The van der Waals surface area contributed by atoms with Crippen LogP contribution in [-0.4, -0.2) is 29.1 Å². The molecule has 0 spiro atoms. The number of hydrogen-bond donors (Lipinski definition) is 0. The second-order valence-corrected chi connectivity index (χ2v) is 7.89. The van der Waals surface area contributed by atoms with E-state index in [1.807, 2.05) is 13.8 Å². The molecule has 32 heavy (non-hydrogen) atoms. The molecule has 0 aliphatic rings. The molecule has 2 unspecified atom stereocenters. The van der Waals surface area contributed by atoms with Crippen molar-refractivity contribution < 1.29 is 33.1 Å². The van der Waals surface area contributed by atoms with Crippen LogP contribution in [0.4, 0.5) is 0 Å². The Bertz CT molecular complexity index is 833. The third-order valence-electron chi connectivity index (χ3n) is 4.11. The maximum atomic E-state index is 12.9. The third-order valence-corrected chi connectivity index (χ3v) is 5.51. The van der Waals surface area contributed by atoms with E-state index in [1.165, 1.54) is 0 Å². The molecule has 7 nitrogen and oxygen atoms in total. The molecule has 2 aromatic carbocycles. The van der Waals surface area contributed by atoms with Crippen LogP contribution in [0.1, 0.15) is 26.7 Å². The first-order valence-corrected chi connectivity index (χ1v) is 11.2. The topological polar surface area (TPSA) is 94.1 Å². The summed E-state index contributed by atoms with van der Waals surface area (Å²) in [5.74, 6) is -0.159. The summed E-state index contributed by atoms with van der Waals surface area (Å²) in [6.45, 7) is 10.4. The van der Waals surface area contributed by atoms with E-state index in [0.29, 0.717) is 34.1 Å². The van der Waals surface area contributed by atoms with E-state index in [2.05, 4.69) is 13.2 Å². The Morgan fingerprint density at radius 1 is 0.812 bits per heavy atom. The lowest BCUT2D eigenvalue weighted by Gasteiger charge is -2.18. The minimum atomic E-state index is -1.42. The monoisotopic (exact) mass is 458 g/mol. The summed E-state index contributed by atoms with van der Waals surface area (Å²) >= 11 is -1.42. The van der Waals surface area contributed by atoms with Gasteiger partial charge in [0.2, 0.25) is 12.6 Å². The number of ether oxygens (including phenoxy) is 4. The molecule has 8 heteroatoms. The van der Waals surface area contributed by atoms with Gasteiger partial charge in [0.15, 0.2) is 9.79 Å². The Morgan fingerprint density at radius 3 is 1.44 bits per heavy atom. The predicted octanol–water partition coefficient (Wildman–Crippen LogP) is 4.54. The molecule has 0 amide bonds. The minimum absolute atomic E-state index is 0.466. The Balaban J connectivity index is 2.01. The van der Waals surface area contributed by atoms with Crippen LogP contribution >= 0.6 is 0 Å². The standard InChI is InChI=1S/C24H26O7S/c1-5-21(25)30-23(7-3)28-17-9-13-19(14-10-17)32(27)20-15-11-18(12-16-20)29-24(8-4)31-22(26)6-2/h5-6,9-16,23-24H,1-2,7-8H2,3-4H3. The number of benzene rings is 2. The SMILES string of the molecule is C=CC(=O)OC(CC)Oc1ccc([S+]([O-])c2ccc(OC(CC)OC(=O)C=C)cc2)cc1. The average Bonchev–Trinajstić information content (AvgIpc) is 2.83. The van der Waals surface area contributed by atoms with Gasteiger partial charge in [-0.25, -0.2) is 9.59 Å². The van der Waals surface area contributed by atoms with E-state index in [1.54, 1.807) is 48.5 Å². The summed E-state index contributed by atoms with van der Waals surface area (Å²) in [6, 6.07) is 13.4. The van der Waals surface area contributed by atoms with Crippen LogP contribution in [0, 0.1) is 0 Å². The zero-order chi connectivity index (χ0) is 23.5. The van der Waals surface area contributed by atoms with E-state index in [-0.39, 0.29) is 0 Å². The van der Waals surface area contributed by atoms with Gasteiger partial charge in [0.05, 0.1) is 0 Å². The second kappa shape index (κ2) is 12.6. The van der Waals surface area contributed by atoms with Crippen LogP contribution in [0.5, 0.6) is 11.5 Å². The van der Waals surface area contributed by atoms with Crippen molar-refractivity contribution in [2.24, 2.45) is 0 Å². The molecule has 0 fully saturated rings. The summed E-state index contributed by atoms with van der Waals surface area (Å²) in [5.41, 5.74) is 0. The smallest absolute Gasteiger partial charge is 0.333 e. The fourth-order valence-corrected chi connectivity index (χ4v) is 3.50. The van der Waals surface area contributed by atoms with Crippen molar-refractivity contribution in [2.75, 3.05) is 0 Å². The molecule has 0 saturated heterocycles. The Hall–Kier alpha value is -3.23. The first-order valence-electron chi connectivity index (χ1n) is 10.0. The Morgan fingerprint density at radius 2 is 1.16 bits per heavy atom. The van der Waals surface area contributed by atoms with Crippen molar-refractivity contribution in [3.63, 3.8) is 0 Å². The summed E-state index contributed by atoms with van der Waals surface area (Å²) in [4.78, 5) is 23.8. The summed E-state index contributed by atoms with van der Waals surface area (Å²) in [7, 11) is 0. The maximum Gasteiger partial charge on any atom is 0.333 e. The predicted molar refractivity (Wildman–Crippen MR) is 120 cm³/mol. The van der Waals surface area contributed by atoms with Crippen molar-refractivity contribution in [3.8, 4) is 11.5 Å². The maximum absolute atomic E-state index is 12.9. The first-order chi connectivity index (χ1) is 15.4. The van der Waals surface area contributed by atoms with Crippen LogP contribution in [0.15, 0.2) is 83.6 Å². The molecule has 0 aromatic heterocycles. The van der Waals surface area contributed by atoms with Gasteiger partial charge in [-0.05, 0) is 48.5 Å². The van der Waals surface area contributed by atoms with Crippen molar-refractivity contribution in [2.45, 2.75) is 49.1 Å². The van der Waals surface area contributed by atoms with E-state index in [4.69, 9.17) is 18.9 Å². The highest BCUT2D eigenvalue weighted by molar-refractivity contribution is 7.91. The second-order valence-electron chi connectivity index (χ2n) is 6.40. The molecule has 0 radical (unpaired) electrons. The van der Waals surface area contributed by atoms with E-state index in [0.717, 1.165) is 12.2 Å². The number of hydrogen-bond acceptors (Lipinski definition) is 7. The molecule has 170 valence electrons. The molecule has 0 bridgehead atoms. The van der Waals surface area contributed by atoms with Gasteiger partial charge in [-0.15, -0.1) is 0 Å². The lowest BCUT2D eigenvalue weighted by Crippen LogP contribution is -2.22. The van der Waals surface area contributed by atoms with E-state index >= 15 is 0 Å². The third kappa shape index (κ3) is 7.47. The highest BCUT2D eigenvalue weighted by atomic mass is 32.2. The van der Waals surface area contributed by atoms with Crippen LogP contribution in [-0.2, 0) is 30.2 Å². The van der Waals surface area contributed by atoms with E-state index < -0.39 is 35.7 Å². The van der Waals surface area contributed by atoms with Gasteiger partial charge in [-0.2, -0.15) is 0 Å². The molecule has 0 aliphatic carbocycles. The molecule has 0 aliphatic heterocycles. The van der Waals surface area contributed by atoms with Crippen molar-refractivity contribution >= 4 is 23.1 Å². The van der Waals surface area contributed by atoms with E-state index in [9.17, 15) is 14.1 Å². The first kappa shape index (κ1) is 25.0. The molecule has 2 atom stereocenters. The molecule has 0 saturated carbocycles. The zero-order valence-electron chi connectivity index (χ0n) is 18.0. The quantitative estimate of drug-likeness (QED) is 0.199. The normalized spacial score (nSPS) is 13.2. The summed E-state index contributed by atoms with van der Waals surface area (Å²) in [6.07, 6.45) is 1.61. The number of rotatable bonds is 12. The summed E-state index contributed by atoms with van der Waals surface area (Å²) < 4.78 is 34.3. The lowest BCUT2D eigenvalue weighted by atomic mass is 10.3. The van der Waals surface area contributed by atoms with Gasteiger partial charge in [-0.1, -0.05) is 27.0 Å². The fraction of sp³-hybridized carbons (Fsp3) is 0.250. The van der Waals surface area contributed by atoms with Gasteiger partial charge in [0.25, 0.3) is 0 Å². The van der Waals surface area contributed by atoms with Crippen LogP contribution in [0.25, 0.3) is 0 Å². The molecular formula is C24H26O7S. The summed E-state index contributed by atoms with van der Waals surface area (Å²) in [5, 5.41) is 0. The zero-order valence-corrected chi connectivity index (χ0v) is 18.8. The Kier molecular flexibility index (Phi) is 9.84. The van der Waals surface area contributed by atoms with Gasteiger partial charge in [0, 0.05) is 36.2 Å². The van der Waals surface area contributed by atoms with Crippen LogP contribution in [0.3, 0.4) is 0 Å². The minimum Gasteiger partial charge on any atom is -0.606 e. The van der Waals surface area contributed by atoms with Crippen LogP contribution < -0.4 is 9.47 Å². The number of carbonyl (C=O) groups is 2. The average molecular weight is 459 g/mol. The van der Waals surface area contributed by atoms with Crippen LogP contribution in [0.2, 0.25) is 0 Å².